The zero-order valence-corrected chi connectivity index (χ0v) is 15.9. The zero-order valence-electron chi connectivity index (χ0n) is 15.9. The Labute approximate surface area is 159 Å². The third-order valence-electron chi connectivity index (χ3n) is 5.50. The van der Waals surface area contributed by atoms with Crippen LogP contribution in [0.3, 0.4) is 0 Å². The summed E-state index contributed by atoms with van der Waals surface area (Å²) in [6.45, 7) is 4.57. The Morgan fingerprint density at radius 2 is 2.00 bits per heavy atom. The number of carbonyl (C=O) groups is 1. The van der Waals surface area contributed by atoms with Gasteiger partial charge in [0.05, 0.1) is 23.7 Å². The molecule has 2 heterocycles. The van der Waals surface area contributed by atoms with Gasteiger partial charge in [0.2, 0.25) is 0 Å². The van der Waals surface area contributed by atoms with E-state index in [9.17, 15) is 4.79 Å². The van der Waals surface area contributed by atoms with Gasteiger partial charge in [-0.05, 0) is 61.7 Å². The monoisotopic (exact) mass is 363 g/mol. The lowest BCUT2D eigenvalue weighted by Gasteiger charge is -2.19. The number of hydrogen-bond donors (Lipinski definition) is 1. The van der Waals surface area contributed by atoms with E-state index in [2.05, 4.69) is 35.0 Å². The molecule has 1 fully saturated rings. The first kappa shape index (κ1) is 17.7. The molecule has 1 aliphatic heterocycles. The number of aromatic amines is 1. The number of benzene rings is 2. The number of rotatable bonds is 5. The molecule has 0 spiro atoms. The maximum atomic E-state index is 11.6. The van der Waals surface area contributed by atoms with E-state index in [1.807, 2.05) is 12.1 Å². The Morgan fingerprint density at radius 1 is 1.22 bits per heavy atom. The van der Waals surface area contributed by atoms with Gasteiger partial charge < -0.3 is 14.6 Å². The van der Waals surface area contributed by atoms with Crippen molar-refractivity contribution in [1.29, 1.82) is 0 Å². The summed E-state index contributed by atoms with van der Waals surface area (Å²) in [7, 11) is 1.39. The van der Waals surface area contributed by atoms with Gasteiger partial charge in [0.25, 0.3) is 0 Å². The van der Waals surface area contributed by atoms with E-state index in [1.54, 1.807) is 12.1 Å². The van der Waals surface area contributed by atoms with E-state index in [1.165, 1.54) is 26.5 Å². The summed E-state index contributed by atoms with van der Waals surface area (Å²) < 4.78 is 4.75. The van der Waals surface area contributed by atoms with Crippen molar-refractivity contribution >= 4 is 17.0 Å². The molecular weight excluding hydrogens is 338 g/mol. The van der Waals surface area contributed by atoms with Crippen LogP contribution in [0.2, 0.25) is 0 Å². The maximum absolute atomic E-state index is 11.6. The Hall–Kier alpha value is -2.66. The molecule has 5 heteroatoms. The summed E-state index contributed by atoms with van der Waals surface area (Å²) in [6.07, 6.45) is 3.56. The maximum Gasteiger partial charge on any atom is 0.337 e. The molecule has 5 nitrogen and oxygen atoms in total. The summed E-state index contributed by atoms with van der Waals surface area (Å²) >= 11 is 0. The number of hydrogen-bond acceptors (Lipinski definition) is 4. The quantitative estimate of drug-likeness (QED) is 0.695. The highest BCUT2D eigenvalue weighted by Crippen LogP contribution is 2.24. The number of fused-ring (bicyclic) bond motifs is 1. The lowest BCUT2D eigenvalue weighted by Crippen LogP contribution is -2.29. The highest BCUT2D eigenvalue weighted by atomic mass is 16.5. The average molecular weight is 363 g/mol. The number of imidazole rings is 1. The third-order valence-corrected chi connectivity index (χ3v) is 5.50. The standard InChI is InChI=1S/C22H25N3O2/c1-15-4-3-12-25(15)13-11-21-23-19-10-9-18(14-20(19)24-21)16-5-7-17(8-6-16)22(26)27-2/h5-10,14-15H,3-4,11-13H2,1-2H3,(H,23,24). The Kier molecular flexibility index (Phi) is 4.94. The summed E-state index contributed by atoms with van der Waals surface area (Å²) in [6, 6.07) is 14.4. The summed E-state index contributed by atoms with van der Waals surface area (Å²) in [5, 5.41) is 0. The molecule has 0 saturated carbocycles. The molecule has 0 radical (unpaired) electrons. The number of aromatic nitrogens is 2. The first-order chi connectivity index (χ1) is 13.1. The molecule has 1 N–H and O–H groups in total. The van der Waals surface area contributed by atoms with Crippen LogP contribution in [0.4, 0.5) is 0 Å². The highest BCUT2D eigenvalue weighted by molar-refractivity contribution is 5.90. The number of carbonyl (C=O) groups excluding carboxylic acids is 1. The predicted molar refractivity (Wildman–Crippen MR) is 107 cm³/mol. The molecule has 3 aromatic rings. The molecular formula is C22H25N3O2. The van der Waals surface area contributed by atoms with Crippen molar-refractivity contribution in [2.45, 2.75) is 32.2 Å². The fraction of sp³-hybridized carbons (Fsp3) is 0.364. The minimum absolute atomic E-state index is 0.317. The van der Waals surface area contributed by atoms with Gasteiger partial charge in [-0.1, -0.05) is 18.2 Å². The lowest BCUT2D eigenvalue weighted by atomic mass is 10.0. The van der Waals surface area contributed by atoms with Crippen LogP contribution in [-0.4, -0.2) is 47.1 Å². The number of methoxy groups -OCH3 is 1. The number of nitrogens with zero attached hydrogens (tertiary/aromatic N) is 2. The predicted octanol–water partition coefficient (Wildman–Crippen LogP) is 4.04. The second kappa shape index (κ2) is 7.53. The molecule has 1 aromatic heterocycles. The van der Waals surface area contributed by atoms with E-state index in [0.29, 0.717) is 11.6 Å². The van der Waals surface area contributed by atoms with E-state index in [0.717, 1.165) is 41.0 Å². The van der Waals surface area contributed by atoms with Gasteiger partial charge in [-0.2, -0.15) is 0 Å². The largest absolute Gasteiger partial charge is 0.465 e. The summed E-state index contributed by atoms with van der Waals surface area (Å²) in [4.78, 5) is 22.3. The highest BCUT2D eigenvalue weighted by Gasteiger charge is 2.19. The molecule has 1 atom stereocenters. The van der Waals surface area contributed by atoms with Crippen molar-refractivity contribution in [3.63, 3.8) is 0 Å². The smallest absolute Gasteiger partial charge is 0.337 e. The van der Waals surface area contributed by atoms with Crippen molar-refractivity contribution in [3.05, 3.63) is 53.9 Å². The number of nitrogens with one attached hydrogen (secondary N) is 1. The second-order valence-corrected chi connectivity index (χ2v) is 7.26. The molecule has 0 bridgehead atoms. The lowest BCUT2D eigenvalue weighted by molar-refractivity contribution is 0.0601. The molecule has 0 aliphatic carbocycles. The SMILES string of the molecule is COC(=O)c1ccc(-c2ccc3nc(CCN4CCCC4C)[nH]c3c2)cc1. The van der Waals surface area contributed by atoms with Gasteiger partial charge in [0.1, 0.15) is 5.82 Å². The van der Waals surface area contributed by atoms with Gasteiger partial charge in [-0.25, -0.2) is 9.78 Å². The Morgan fingerprint density at radius 3 is 2.70 bits per heavy atom. The molecule has 0 amide bonds. The van der Waals surface area contributed by atoms with E-state index >= 15 is 0 Å². The Balaban J connectivity index is 1.51. The van der Waals surface area contributed by atoms with Crippen molar-refractivity contribution in [2.24, 2.45) is 0 Å². The van der Waals surface area contributed by atoms with Crippen molar-refractivity contribution in [3.8, 4) is 11.1 Å². The van der Waals surface area contributed by atoms with E-state index in [-0.39, 0.29) is 5.97 Å². The average Bonchev–Trinajstić information content (AvgIpc) is 3.30. The third kappa shape index (κ3) is 3.74. The molecule has 140 valence electrons. The normalized spacial score (nSPS) is 17.5. The van der Waals surface area contributed by atoms with Crippen LogP contribution in [-0.2, 0) is 11.2 Å². The van der Waals surface area contributed by atoms with Crippen molar-refractivity contribution in [1.82, 2.24) is 14.9 Å². The van der Waals surface area contributed by atoms with Crippen LogP contribution < -0.4 is 0 Å². The first-order valence-electron chi connectivity index (χ1n) is 9.55. The molecule has 1 saturated heterocycles. The van der Waals surface area contributed by atoms with Crippen molar-refractivity contribution in [2.75, 3.05) is 20.2 Å². The minimum Gasteiger partial charge on any atom is -0.465 e. The molecule has 2 aromatic carbocycles. The van der Waals surface area contributed by atoms with Gasteiger partial charge in [0, 0.05) is 19.0 Å². The van der Waals surface area contributed by atoms with Gasteiger partial charge >= 0.3 is 5.97 Å². The van der Waals surface area contributed by atoms with Crippen LogP contribution >= 0.6 is 0 Å². The number of esters is 1. The van der Waals surface area contributed by atoms with Crippen molar-refractivity contribution < 1.29 is 9.53 Å². The topological polar surface area (TPSA) is 58.2 Å². The second-order valence-electron chi connectivity index (χ2n) is 7.26. The van der Waals surface area contributed by atoms with E-state index in [4.69, 9.17) is 9.72 Å². The summed E-state index contributed by atoms with van der Waals surface area (Å²) in [5.74, 6) is 0.727. The minimum atomic E-state index is -0.317. The van der Waals surface area contributed by atoms with Gasteiger partial charge in [0.15, 0.2) is 0 Å². The molecule has 1 aliphatic rings. The van der Waals surface area contributed by atoms with Crippen LogP contribution in [0.1, 0.15) is 35.9 Å². The molecule has 27 heavy (non-hydrogen) atoms. The van der Waals surface area contributed by atoms with Gasteiger partial charge in [-0.15, -0.1) is 0 Å². The van der Waals surface area contributed by atoms with Crippen LogP contribution in [0.25, 0.3) is 22.2 Å². The van der Waals surface area contributed by atoms with Crippen LogP contribution in [0, 0.1) is 0 Å². The number of H-pyrrole nitrogens is 1. The van der Waals surface area contributed by atoms with Crippen LogP contribution in [0.5, 0.6) is 0 Å². The molecule has 4 rings (SSSR count). The van der Waals surface area contributed by atoms with Gasteiger partial charge in [-0.3, -0.25) is 0 Å². The number of likely N-dealkylation sites (tertiary alicyclic amines) is 1. The zero-order chi connectivity index (χ0) is 18.8. The fourth-order valence-corrected chi connectivity index (χ4v) is 3.85. The first-order valence-corrected chi connectivity index (χ1v) is 9.55. The fourth-order valence-electron chi connectivity index (χ4n) is 3.85. The van der Waals surface area contributed by atoms with E-state index < -0.39 is 0 Å². The summed E-state index contributed by atoms with van der Waals surface area (Å²) in [5.41, 5.74) is 4.76. The molecule has 1 unspecified atom stereocenters. The Bertz CT molecular complexity index is 946. The number of ether oxygens (including phenoxy) is 1. The van der Waals surface area contributed by atoms with Crippen LogP contribution in [0.15, 0.2) is 42.5 Å².